The fraction of sp³-hybridized carbons (Fsp3) is 0.233. The molecule has 3 atom stereocenters. The van der Waals surface area contributed by atoms with Crippen LogP contribution >= 0.6 is 22.6 Å². The number of aryl methyl sites for hydroxylation is 1. The van der Waals surface area contributed by atoms with Crippen molar-refractivity contribution < 1.29 is 23.8 Å². The number of rotatable bonds is 9. The van der Waals surface area contributed by atoms with Crippen molar-refractivity contribution in [2.45, 2.75) is 31.8 Å². The molecule has 206 valence electrons. The Labute approximate surface area is 244 Å². The van der Waals surface area contributed by atoms with Crippen LogP contribution in [0.15, 0.2) is 72.8 Å². The lowest BCUT2D eigenvalue weighted by atomic mass is 9.91. The second kappa shape index (κ2) is 11.8. The molecule has 0 aliphatic carbocycles. The maximum absolute atomic E-state index is 14.9. The van der Waals surface area contributed by atoms with Gasteiger partial charge in [-0.3, -0.25) is 9.69 Å². The van der Waals surface area contributed by atoms with E-state index in [1.807, 2.05) is 43.3 Å². The maximum atomic E-state index is 14.9. The van der Waals surface area contributed by atoms with Gasteiger partial charge in [-0.2, -0.15) is 0 Å². The third kappa shape index (κ3) is 5.46. The van der Waals surface area contributed by atoms with Crippen molar-refractivity contribution in [3.63, 3.8) is 0 Å². The van der Waals surface area contributed by atoms with Gasteiger partial charge in [-0.25, -0.2) is 14.2 Å². The van der Waals surface area contributed by atoms with Gasteiger partial charge in [0.05, 0.1) is 18.0 Å². The lowest BCUT2D eigenvalue weighted by molar-refractivity contribution is -0.129. The molecule has 0 spiro atoms. The number of imide groups is 1. The monoisotopic (exact) mass is 654 g/mol. The van der Waals surface area contributed by atoms with Crippen molar-refractivity contribution in [2.75, 3.05) is 13.2 Å². The topological polar surface area (TPSA) is 108 Å². The van der Waals surface area contributed by atoms with E-state index in [-0.39, 0.29) is 24.9 Å². The van der Waals surface area contributed by atoms with Crippen molar-refractivity contribution in [3.05, 3.63) is 105 Å². The van der Waals surface area contributed by atoms with Gasteiger partial charge in [0.2, 0.25) is 0 Å². The highest BCUT2D eigenvalue weighted by Gasteiger charge is 2.46. The number of halogens is 2. The number of benzene rings is 3. The van der Waals surface area contributed by atoms with Crippen LogP contribution in [0.4, 0.5) is 9.18 Å². The molecule has 4 aromatic rings. The van der Waals surface area contributed by atoms with Gasteiger partial charge < -0.3 is 20.1 Å². The lowest BCUT2D eigenvalue weighted by Gasteiger charge is -2.29. The number of imidazole rings is 1. The Morgan fingerprint density at radius 2 is 1.82 bits per heavy atom. The molecule has 3 aromatic carbocycles. The standard InChI is InChI=1S/C30H28FIN4O4/c1-17(19-6-4-3-5-7-19)27(28-33-18(2)25(34-28)23-13-10-21(32)16-24(23)31)36-29(38)26(35-30(36)39)20-8-11-22(12-9-20)40-15-14-37/h3-13,16-17,26-27,37H,14-15H2,1-2H3,(H,33,34)(H,35,39)/t17-,26?,27-/m0/s1. The average Bonchev–Trinajstić information content (AvgIpc) is 3.47. The molecule has 40 heavy (non-hydrogen) atoms. The predicted molar refractivity (Wildman–Crippen MR) is 156 cm³/mol. The number of nitrogens with one attached hydrogen (secondary N) is 2. The molecule has 2 heterocycles. The van der Waals surface area contributed by atoms with Gasteiger partial charge >= 0.3 is 6.03 Å². The molecule has 3 amide bonds. The molecular formula is C30H28FIN4O4. The number of aromatic nitrogens is 2. The molecule has 1 fully saturated rings. The van der Waals surface area contributed by atoms with E-state index in [9.17, 15) is 14.0 Å². The van der Waals surface area contributed by atoms with Gasteiger partial charge in [-0.1, -0.05) is 49.4 Å². The zero-order chi connectivity index (χ0) is 28.4. The molecular weight excluding hydrogens is 626 g/mol. The van der Waals surface area contributed by atoms with E-state index in [0.29, 0.717) is 34.1 Å². The molecule has 10 heteroatoms. The molecule has 3 N–H and O–H groups in total. The van der Waals surface area contributed by atoms with Crippen LogP contribution in [0.3, 0.4) is 0 Å². The van der Waals surface area contributed by atoms with Gasteiger partial charge in [0.15, 0.2) is 0 Å². The second-order valence-electron chi connectivity index (χ2n) is 9.58. The highest BCUT2D eigenvalue weighted by atomic mass is 127. The average molecular weight is 654 g/mol. The summed E-state index contributed by atoms with van der Waals surface area (Å²) < 4.78 is 21.1. The van der Waals surface area contributed by atoms with Crippen LogP contribution in [0, 0.1) is 16.3 Å². The number of carbonyl (C=O) groups is 2. The number of ether oxygens (including phenoxy) is 1. The van der Waals surface area contributed by atoms with Crippen LogP contribution in [0.5, 0.6) is 5.75 Å². The number of aliphatic hydroxyl groups excluding tert-OH is 1. The first-order valence-electron chi connectivity index (χ1n) is 12.8. The normalized spacial score (nSPS) is 16.6. The number of urea groups is 1. The molecule has 8 nitrogen and oxygen atoms in total. The number of aromatic amines is 1. The number of amides is 3. The third-order valence-electron chi connectivity index (χ3n) is 7.01. The SMILES string of the molecule is Cc1nc([C@H]([C@@H](C)c2ccccc2)N2C(=O)NC(c3ccc(OCCO)cc3)C2=O)[nH]c1-c1ccc(I)cc1F. The first-order chi connectivity index (χ1) is 19.3. The summed E-state index contributed by atoms with van der Waals surface area (Å²) in [6.45, 7) is 3.75. The number of H-pyrrole nitrogens is 1. The van der Waals surface area contributed by atoms with Crippen LogP contribution in [-0.2, 0) is 4.79 Å². The molecule has 1 aliphatic heterocycles. The summed E-state index contributed by atoms with van der Waals surface area (Å²) >= 11 is 2.05. The Morgan fingerprint density at radius 3 is 2.50 bits per heavy atom. The fourth-order valence-electron chi connectivity index (χ4n) is 5.00. The molecule has 1 aromatic heterocycles. The molecule has 1 saturated heterocycles. The van der Waals surface area contributed by atoms with Crippen molar-refractivity contribution in [1.82, 2.24) is 20.2 Å². The van der Waals surface area contributed by atoms with E-state index in [1.54, 1.807) is 37.3 Å². The van der Waals surface area contributed by atoms with Crippen LogP contribution in [0.25, 0.3) is 11.3 Å². The quantitative estimate of drug-likeness (QED) is 0.160. The largest absolute Gasteiger partial charge is 0.491 e. The smallest absolute Gasteiger partial charge is 0.325 e. The molecule has 5 rings (SSSR count). The number of nitrogens with zero attached hydrogens (tertiary/aromatic N) is 2. The van der Waals surface area contributed by atoms with Gasteiger partial charge in [-0.15, -0.1) is 0 Å². The second-order valence-corrected chi connectivity index (χ2v) is 10.8. The summed E-state index contributed by atoms with van der Waals surface area (Å²) in [5.41, 5.74) is 2.93. The Hall–Kier alpha value is -3.77. The Bertz CT molecular complexity index is 1530. The minimum Gasteiger partial charge on any atom is -0.491 e. The zero-order valence-electron chi connectivity index (χ0n) is 21.9. The Balaban J connectivity index is 1.53. The predicted octanol–water partition coefficient (Wildman–Crippen LogP) is 5.64. The van der Waals surface area contributed by atoms with Crippen molar-refractivity contribution >= 4 is 34.5 Å². The highest BCUT2D eigenvalue weighted by molar-refractivity contribution is 14.1. The maximum Gasteiger partial charge on any atom is 0.325 e. The fourth-order valence-corrected chi connectivity index (χ4v) is 5.46. The van der Waals surface area contributed by atoms with E-state index >= 15 is 0 Å². The van der Waals surface area contributed by atoms with Crippen LogP contribution in [-0.4, -0.2) is 45.1 Å². The molecule has 1 aliphatic rings. The minimum absolute atomic E-state index is 0.112. The van der Waals surface area contributed by atoms with E-state index in [4.69, 9.17) is 14.8 Å². The van der Waals surface area contributed by atoms with E-state index in [0.717, 1.165) is 9.13 Å². The number of hydrogen-bond donors (Lipinski definition) is 3. The Kier molecular flexibility index (Phi) is 8.17. The summed E-state index contributed by atoms with van der Waals surface area (Å²) in [6, 6.07) is 19.1. The highest BCUT2D eigenvalue weighted by Crippen LogP contribution is 2.40. The number of hydrogen-bond acceptors (Lipinski definition) is 5. The summed E-state index contributed by atoms with van der Waals surface area (Å²) in [6.07, 6.45) is 0. The van der Waals surface area contributed by atoms with Crippen LogP contribution in [0.2, 0.25) is 0 Å². The van der Waals surface area contributed by atoms with E-state index in [1.165, 1.54) is 11.0 Å². The molecule has 0 saturated carbocycles. The first-order valence-corrected chi connectivity index (χ1v) is 13.9. The van der Waals surface area contributed by atoms with Crippen molar-refractivity contribution in [2.24, 2.45) is 0 Å². The Morgan fingerprint density at radius 1 is 1.10 bits per heavy atom. The summed E-state index contributed by atoms with van der Waals surface area (Å²) in [4.78, 5) is 36.4. The summed E-state index contributed by atoms with van der Waals surface area (Å²) in [5, 5.41) is 11.8. The molecule has 1 unspecified atom stereocenters. The summed E-state index contributed by atoms with van der Waals surface area (Å²) in [5.74, 6) is -0.205. The van der Waals surface area contributed by atoms with Gasteiger partial charge in [0, 0.05) is 15.1 Å². The summed E-state index contributed by atoms with van der Waals surface area (Å²) in [7, 11) is 0. The number of carbonyl (C=O) groups excluding carboxylic acids is 2. The van der Waals surface area contributed by atoms with Gasteiger partial charge in [0.25, 0.3) is 5.91 Å². The van der Waals surface area contributed by atoms with E-state index in [2.05, 4.69) is 32.9 Å². The van der Waals surface area contributed by atoms with E-state index < -0.39 is 24.0 Å². The molecule has 0 radical (unpaired) electrons. The first kappa shape index (κ1) is 27.8. The molecule has 0 bridgehead atoms. The van der Waals surface area contributed by atoms with Gasteiger partial charge in [0.1, 0.15) is 36.1 Å². The number of aliphatic hydroxyl groups is 1. The van der Waals surface area contributed by atoms with Crippen LogP contribution < -0.4 is 10.1 Å². The third-order valence-corrected chi connectivity index (χ3v) is 7.68. The zero-order valence-corrected chi connectivity index (χ0v) is 24.1. The van der Waals surface area contributed by atoms with Crippen molar-refractivity contribution in [3.8, 4) is 17.0 Å². The van der Waals surface area contributed by atoms with Gasteiger partial charge in [-0.05, 0) is 71.0 Å². The lowest BCUT2D eigenvalue weighted by Crippen LogP contribution is -2.38. The minimum atomic E-state index is -0.894. The van der Waals surface area contributed by atoms with Crippen molar-refractivity contribution in [1.29, 1.82) is 0 Å². The van der Waals surface area contributed by atoms with Crippen LogP contribution in [0.1, 0.15) is 47.6 Å².